The molecule has 0 unspecified atom stereocenters. The van der Waals surface area contributed by atoms with E-state index >= 15 is 0 Å². The molecule has 5 nitrogen and oxygen atoms in total. The van der Waals surface area contributed by atoms with Crippen molar-refractivity contribution >= 4 is 5.82 Å². The van der Waals surface area contributed by atoms with Crippen LogP contribution < -0.4 is 5.32 Å². The lowest BCUT2D eigenvalue weighted by Crippen LogP contribution is -2.04. The lowest BCUT2D eigenvalue weighted by Gasteiger charge is -2.04. The Hall–Kier alpha value is -1.91. The van der Waals surface area contributed by atoms with Gasteiger partial charge in [0.15, 0.2) is 0 Å². The second kappa shape index (κ2) is 4.30. The second-order valence-electron chi connectivity index (χ2n) is 3.74. The fourth-order valence-electron chi connectivity index (χ4n) is 1.65. The van der Waals surface area contributed by atoms with Gasteiger partial charge in [-0.25, -0.2) is 0 Å². The minimum Gasteiger partial charge on any atom is -0.364 e. The summed E-state index contributed by atoms with van der Waals surface area (Å²) in [5, 5.41) is 15.4. The molecule has 0 aliphatic carbocycles. The van der Waals surface area contributed by atoms with Gasteiger partial charge in [-0.05, 0) is 26.0 Å². The lowest BCUT2D eigenvalue weighted by atomic mass is 10.2. The van der Waals surface area contributed by atoms with Gasteiger partial charge >= 0.3 is 0 Å². The number of anilines is 1. The Morgan fingerprint density at radius 3 is 2.75 bits per heavy atom. The van der Waals surface area contributed by atoms with E-state index < -0.39 is 0 Å². The third-order valence-corrected chi connectivity index (χ3v) is 2.68. The molecule has 0 aromatic carbocycles. The average Bonchev–Trinajstić information content (AvgIpc) is 2.53. The molecule has 0 saturated carbocycles. The molecule has 0 spiro atoms. The number of nitrogens with one attached hydrogen (secondary N) is 1. The number of hydrogen-bond donors (Lipinski definition) is 1. The highest BCUT2D eigenvalue weighted by Crippen LogP contribution is 2.13. The van der Waals surface area contributed by atoms with Crippen LogP contribution >= 0.6 is 0 Å². The van der Waals surface area contributed by atoms with Crippen LogP contribution in [0.1, 0.15) is 17.0 Å². The van der Waals surface area contributed by atoms with Gasteiger partial charge in [-0.15, -0.1) is 5.10 Å². The maximum atomic E-state index is 4.36. The van der Waals surface area contributed by atoms with Crippen LogP contribution in [-0.4, -0.2) is 20.0 Å². The van der Waals surface area contributed by atoms with E-state index in [-0.39, 0.29) is 0 Å². The summed E-state index contributed by atoms with van der Waals surface area (Å²) in [5.74, 6) is 0.783. The Morgan fingerprint density at radius 1 is 1.38 bits per heavy atom. The first-order valence-corrected chi connectivity index (χ1v) is 5.19. The first-order valence-electron chi connectivity index (χ1n) is 5.19. The SMILES string of the molecule is Cc1nn(C)c(C)c1CNc1cccnn1. The zero-order valence-corrected chi connectivity index (χ0v) is 9.73. The molecule has 0 amide bonds. The summed E-state index contributed by atoms with van der Waals surface area (Å²) in [6.07, 6.45) is 1.66. The van der Waals surface area contributed by atoms with Gasteiger partial charge in [0.05, 0.1) is 5.69 Å². The van der Waals surface area contributed by atoms with Crippen LogP contribution in [0.15, 0.2) is 18.3 Å². The molecule has 5 heteroatoms. The Balaban J connectivity index is 2.11. The Bertz CT molecular complexity index is 475. The van der Waals surface area contributed by atoms with Crippen molar-refractivity contribution in [3.8, 4) is 0 Å². The van der Waals surface area contributed by atoms with Gasteiger partial charge in [0.2, 0.25) is 0 Å². The molecule has 0 fully saturated rings. The quantitative estimate of drug-likeness (QED) is 0.845. The van der Waals surface area contributed by atoms with Gasteiger partial charge < -0.3 is 5.32 Å². The number of rotatable bonds is 3. The second-order valence-corrected chi connectivity index (χ2v) is 3.74. The van der Waals surface area contributed by atoms with Crippen LogP contribution in [0.5, 0.6) is 0 Å². The largest absolute Gasteiger partial charge is 0.364 e. The summed E-state index contributed by atoms with van der Waals surface area (Å²) in [6, 6.07) is 3.76. The first-order chi connectivity index (χ1) is 7.68. The first kappa shape index (κ1) is 10.6. The molecule has 2 aromatic heterocycles. The van der Waals surface area contributed by atoms with E-state index in [4.69, 9.17) is 0 Å². The summed E-state index contributed by atoms with van der Waals surface area (Å²) in [4.78, 5) is 0. The van der Waals surface area contributed by atoms with Crippen LogP contribution in [0.4, 0.5) is 5.82 Å². The molecule has 2 heterocycles. The summed E-state index contributed by atoms with van der Waals surface area (Å²) >= 11 is 0. The van der Waals surface area contributed by atoms with E-state index in [2.05, 4.69) is 27.5 Å². The molecule has 2 rings (SSSR count). The maximum absolute atomic E-state index is 4.36. The van der Waals surface area contributed by atoms with E-state index in [1.165, 1.54) is 11.3 Å². The zero-order valence-electron chi connectivity index (χ0n) is 9.73. The van der Waals surface area contributed by atoms with Crippen LogP contribution in [0, 0.1) is 13.8 Å². The van der Waals surface area contributed by atoms with Crippen LogP contribution in [0.2, 0.25) is 0 Å². The van der Waals surface area contributed by atoms with Gasteiger partial charge in [-0.3, -0.25) is 4.68 Å². The lowest BCUT2D eigenvalue weighted by molar-refractivity contribution is 0.730. The minimum absolute atomic E-state index is 0.726. The number of aryl methyl sites for hydroxylation is 2. The Morgan fingerprint density at radius 2 is 2.19 bits per heavy atom. The third kappa shape index (κ3) is 2.03. The molecule has 84 valence electrons. The van der Waals surface area contributed by atoms with Crippen molar-refractivity contribution in [2.45, 2.75) is 20.4 Å². The highest BCUT2D eigenvalue weighted by Gasteiger charge is 2.08. The normalized spacial score (nSPS) is 10.4. The summed E-state index contributed by atoms with van der Waals surface area (Å²) in [6.45, 7) is 4.80. The van der Waals surface area contributed by atoms with Crippen LogP contribution in [-0.2, 0) is 13.6 Å². The van der Waals surface area contributed by atoms with E-state index in [9.17, 15) is 0 Å². The fraction of sp³-hybridized carbons (Fsp3) is 0.364. The molecule has 0 atom stereocenters. The smallest absolute Gasteiger partial charge is 0.148 e. The molecule has 1 N–H and O–H groups in total. The van der Waals surface area contributed by atoms with Crippen molar-refractivity contribution in [2.24, 2.45) is 7.05 Å². The van der Waals surface area contributed by atoms with Gasteiger partial charge in [0.25, 0.3) is 0 Å². The average molecular weight is 217 g/mol. The van der Waals surface area contributed by atoms with Crippen molar-refractivity contribution in [3.63, 3.8) is 0 Å². The van der Waals surface area contributed by atoms with E-state index in [1.807, 2.05) is 30.8 Å². The molecule has 0 saturated heterocycles. The summed E-state index contributed by atoms with van der Waals surface area (Å²) in [5.41, 5.74) is 3.44. The molecule has 0 bridgehead atoms. The minimum atomic E-state index is 0.726. The van der Waals surface area contributed by atoms with Gasteiger partial charge in [-0.1, -0.05) is 0 Å². The number of hydrogen-bond acceptors (Lipinski definition) is 4. The Kier molecular flexibility index (Phi) is 2.85. The predicted octanol–water partition coefficient (Wildman–Crippen LogP) is 1.44. The van der Waals surface area contributed by atoms with Crippen molar-refractivity contribution < 1.29 is 0 Å². The number of nitrogens with zero attached hydrogens (tertiary/aromatic N) is 4. The van der Waals surface area contributed by atoms with E-state index in [0.717, 1.165) is 18.1 Å². The number of aromatic nitrogens is 4. The fourth-order valence-corrected chi connectivity index (χ4v) is 1.65. The van der Waals surface area contributed by atoms with Crippen molar-refractivity contribution in [1.29, 1.82) is 0 Å². The van der Waals surface area contributed by atoms with Gasteiger partial charge in [-0.2, -0.15) is 10.2 Å². The molecule has 0 aliphatic heterocycles. The van der Waals surface area contributed by atoms with Gasteiger partial charge in [0.1, 0.15) is 5.82 Å². The molecular formula is C11H15N5. The summed E-state index contributed by atoms with van der Waals surface area (Å²) < 4.78 is 1.89. The highest BCUT2D eigenvalue weighted by molar-refractivity contribution is 5.35. The molecule has 0 radical (unpaired) electrons. The highest BCUT2D eigenvalue weighted by atomic mass is 15.3. The van der Waals surface area contributed by atoms with E-state index in [1.54, 1.807) is 6.20 Å². The van der Waals surface area contributed by atoms with Crippen molar-refractivity contribution in [1.82, 2.24) is 20.0 Å². The Labute approximate surface area is 94.5 Å². The predicted molar refractivity (Wildman–Crippen MR) is 62.0 cm³/mol. The van der Waals surface area contributed by atoms with E-state index in [0.29, 0.717) is 0 Å². The monoisotopic (exact) mass is 217 g/mol. The molecule has 2 aromatic rings. The van der Waals surface area contributed by atoms with Crippen LogP contribution in [0.25, 0.3) is 0 Å². The van der Waals surface area contributed by atoms with Crippen LogP contribution in [0.3, 0.4) is 0 Å². The van der Waals surface area contributed by atoms with Crippen molar-refractivity contribution in [2.75, 3.05) is 5.32 Å². The zero-order chi connectivity index (χ0) is 11.5. The van der Waals surface area contributed by atoms with Gasteiger partial charge in [0, 0.05) is 31.0 Å². The van der Waals surface area contributed by atoms with Crippen molar-refractivity contribution in [3.05, 3.63) is 35.3 Å². The maximum Gasteiger partial charge on any atom is 0.148 e. The molecular weight excluding hydrogens is 202 g/mol. The standard InChI is InChI=1S/C11H15N5/c1-8-10(9(2)16(3)15-8)7-12-11-5-4-6-13-14-11/h4-6H,7H2,1-3H3,(H,12,14). The summed E-state index contributed by atoms with van der Waals surface area (Å²) in [7, 11) is 1.95. The third-order valence-electron chi connectivity index (χ3n) is 2.68. The molecule has 0 aliphatic rings. The molecule has 16 heavy (non-hydrogen) atoms. The topological polar surface area (TPSA) is 55.6 Å².